The predicted octanol–water partition coefficient (Wildman–Crippen LogP) is 4.23. The summed E-state index contributed by atoms with van der Waals surface area (Å²) in [6.07, 6.45) is 2.29. The number of rotatable bonds is 5. The highest BCUT2D eigenvalue weighted by molar-refractivity contribution is 5.88. The fraction of sp³-hybridized carbons (Fsp3) is 0.300. The van der Waals surface area contributed by atoms with Gasteiger partial charge in [-0.2, -0.15) is 0 Å². The highest BCUT2D eigenvalue weighted by Gasteiger charge is 2.16. The summed E-state index contributed by atoms with van der Waals surface area (Å²) in [6.45, 7) is 7.36. The van der Waals surface area contributed by atoms with Crippen LogP contribution in [0.5, 0.6) is 5.75 Å². The van der Waals surface area contributed by atoms with E-state index in [9.17, 15) is 9.59 Å². The second kappa shape index (κ2) is 8.38. The summed E-state index contributed by atoms with van der Waals surface area (Å²) < 4.78 is 15.9. The average molecular weight is 357 g/mol. The third kappa shape index (κ3) is 6.47. The number of benzene rings is 1. The number of hydrogen-bond donors (Lipinski definition) is 1. The van der Waals surface area contributed by atoms with Crippen molar-refractivity contribution in [2.45, 2.75) is 39.8 Å². The van der Waals surface area contributed by atoms with Crippen LogP contribution in [0.4, 0.5) is 4.79 Å². The lowest BCUT2D eigenvalue weighted by Gasteiger charge is -2.20. The molecule has 0 bridgehead atoms. The minimum atomic E-state index is -0.578. The zero-order chi connectivity index (χ0) is 19.2. The smallest absolute Gasteiger partial charge is 0.407 e. The maximum absolute atomic E-state index is 12.0. The Hall–Kier alpha value is -3.02. The van der Waals surface area contributed by atoms with Gasteiger partial charge in [-0.25, -0.2) is 9.59 Å². The van der Waals surface area contributed by atoms with Crippen molar-refractivity contribution in [1.82, 2.24) is 5.32 Å². The Morgan fingerprint density at radius 3 is 2.54 bits per heavy atom. The van der Waals surface area contributed by atoms with Gasteiger partial charge in [0.1, 0.15) is 22.9 Å². The number of furan rings is 1. The van der Waals surface area contributed by atoms with Gasteiger partial charge in [-0.15, -0.1) is 0 Å². The molecule has 2 aromatic rings. The molecule has 26 heavy (non-hydrogen) atoms. The second-order valence-corrected chi connectivity index (χ2v) is 6.67. The molecule has 0 aliphatic heterocycles. The number of carbonyl (C=O) groups excluding carboxylic acids is 2. The van der Waals surface area contributed by atoms with Gasteiger partial charge in [-0.1, -0.05) is 18.2 Å². The fourth-order valence-corrected chi connectivity index (χ4v) is 2.07. The first-order valence-corrected chi connectivity index (χ1v) is 8.24. The fourth-order valence-electron chi connectivity index (χ4n) is 2.07. The largest absolute Gasteiger partial charge is 0.462 e. The van der Waals surface area contributed by atoms with Gasteiger partial charge >= 0.3 is 12.1 Å². The topological polar surface area (TPSA) is 77.8 Å². The third-order valence-corrected chi connectivity index (χ3v) is 3.15. The van der Waals surface area contributed by atoms with Crippen LogP contribution in [-0.2, 0) is 16.1 Å². The molecule has 2 rings (SSSR count). The summed E-state index contributed by atoms with van der Waals surface area (Å²) >= 11 is 0. The van der Waals surface area contributed by atoms with Gasteiger partial charge in [-0.3, -0.25) is 0 Å². The van der Waals surface area contributed by atoms with E-state index in [4.69, 9.17) is 13.9 Å². The standard InChI is InChI=1S/C20H23NO5/c1-14-9-10-16(24-14)11-12-18(22)25-17-8-6-5-7-15(17)13-21-19(23)26-20(2,3)4/h5-12H,13H2,1-4H3,(H,21,23)/b12-11+. The number of nitrogens with one attached hydrogen (secondary N) is 1. The van der Waals surface area contributed by atoms with Crippen molar-refractivity contribution >= 4 is 18.1 Å². The van der Waals surface area contributed by atoms with Crippen molar-refractivity contribution in [2.75, 3.05) is 0 Å². The number of ether oxygens (including phenoxy) is 2. The Kier molecular flexibility index (Phi) is 6.22. The molecule has 0 radical (unpaired) electrons. The van der Waals surface area contributed by atoms with Crippen LogP contribution in [0.3, 0.4) is 0 Å². The molecule has 0 aliphatic carbocycles. The van der Waals surface area contributed by atoms with Gasteiger partial charge < -0.3 is 19.2 Å². The molecule has 6 heteroatoms. The van der Waals surface area contributed by atoms with E-state index in [1.54, 1.807) is 51.1 Å². The molecule has 1 aromatic heterocycles. The number of alkyl carbamates (subject to hydrolysis) is 1. The zero-order valence-corrected chi connectivity index (χ0v) is 15.4. The summed E-state index contributed by atoms with van der Waals surface area (Å²) in [5.74, 6) is 1.16. The molecule has 0 aliphatic rings. The van der Waals surface area contributed by atoms with Crippen LogP contribution in [0, 0.1) is 6.92 Å². The van der Waals surface area contributed by atoms with Crippen molar-refractivity contribution < 1.29 is 23.5 Å². The lowest BCUT2D eigenvalue weighted by Crippen LogP contribution is -2.32. The number of aryl methyl sites for hydroxylation is 1. The molecule has 1 N–H and O–H groups in total. The molecule has 0 spiro atoms. The van der Waals surface area contributed by atoms with E-state index in [0.717, 1.165) is 5.76 Å². The minimum absolute atomic E-state index is 0.180. The Bertz CT molecular complexity index is 799. The molecule has 0 saturated carbocycles. The summed E-state index contributed by atoms with van der Waals surface area (Å²) in [7, 11) is 0. The van der Waals surface area contributed by atoms with E-state index in [2.05, 4.69) is 5.32 Å². The zero-order valence-electron chi connectivity index (χ0n) is 15.4. The van der Waals surface area contributed by atoms with E-state index in [-0.39, 0.29) is 6.54 Å². The first-order chi connectivity index (χ1) is 12.2. The summed E-state index contributed by atoms with van der Waals surface area (Å²) in [5, 5.41) is 2.64. The van der Waals surface area contributed by atoms with Crippen LogP contribution in [0.1, 0.15) is 37.9 Å². The molecule has 1 amide bonds. The highest BCUT2D eigenvalue weighted by Crippen LogP contribution is 2.19. The molecule has 0 fully saturated rings. The second-order valence-electron chi connectivity index (χ2n) is 6.67. The lowest BCUT2D eigenvalue weighted by molar-refractivity contribution is -0.128. The average Bonchev–Trinajstić information content (AvgIpc) is 2.96. The lowest BCUT2D eigenvalue weighted by atomic mass is 10.2. The van der Waals surface area contributed by atoms with Gasteiger partial charge in [-0.05, 0) is 52.0 Å². The molecule has 0 atom stereocenters. The quantitative estimate of drug-likeness (QED) is 0.492. The van der Waals surface area contributed by atoms with Crippen LogP contribution in [0.25, 0.3) is 6.08 Å². The Morgan fingerprint density at radius 1 is 1.15 bits per heavy atom. The SMILES string of the molecule is Cc1ccc(/C=C/C(=O)Oc2ccccc2CNC(=O)OC(C)(C)C)o1. The van der Waals surface area contributed by atoms with Gasteiger partial charge in [0.15, 0.2) is 0 Å². The Balaban J connectivity index is 1.96. The van der Waals surface area contributed by atoms with Crippen molar-refractivity contribution in [3.8, 4) is 5.75 Å². The van der Waals surface area contributed by atoms with Gasteiger partial charge in [0.25, 0.3) is 0 Å². The maximum atomic E-state index is 12.0. The van der Waals surface area contributed by atoms with E-state index < -0.39 is 17.7 Å². The van der Waals surface area contributed by atoms with Crippen LogP contribution in [0.15, 0.2) is 46.9 Å². The van der Waals surface area contributed by atoms with E-state index in [1.807, 2.05) is 13.0 Å². The van der Waals surface area contributed by atoms with Gasteiger partial charge in [0, 0.05) is 18.2 Å². The van der Waals surface area contributed by atoms with Crippen LogP contribution in [0.2, 0.25) is 0 Å². The molecule has 0 unspecified atom stereocenters. The number of hydrogen-bond acceptors (Lipinski definition) is 5. The normalized spacial score (nSPS) is 11.4. The van der Waals surface area contributed by atoms with E-state index >= 15 is 0 Å². The summed E-state index contributed by atoms with van der Waals surface area (Å²) in [5.41, 5.74) is 0.0828. The Labute approximate surface area is 152 Å². The molecule has 0 saturated heterocycles. The van der Waals surface area contributed by atoms with Crippen LogP contribution in [-0.4, -0.2) is 17.7 Å². The van der Waals surface area contributed by atoms with Crippen molar-refractivity contribution in [2.24, 2.45) is 0 Å². The van der Waals surface area contributed by atoms with Crippen molar-refractivity contribution in [3.05, 3.63) is 59.6 Å². The monoisotopic (exact) mass is 357 g/mol. The van der Waals surface area contributed by atoms with Gasteiger partial charge in [0.2, 0.25) is 0 Å². The summed E-state index contributed by atoms with van der Waals surface area (Å²) in [4.78, 5) is 23.8. The van der Waals surface area contributed by atoms with Gasteiger partial charge in [0.05, 0.1) is 0 Å². The van der Waals surface area contributed by atoms with Crippen LogP contribution < -0.4 is 10.1 Å². The molecule has 138 valence electrons. The molecule has 6 nitrogen and oxygen atoms in total. The van der Waals surface area contributed by atoms with Crippen molar-refractivity contribution in [1.29, 1.82) is 0 Å². The summed E-state index contributed by atoms with van der Waals surface area (Å²) in [6, 6.07) is 10.5. The maximum Gasteiger partial charge on any atom is 0.407 e. The predicted molar refractivity (Wildman–Crippen MR) is 97.6 cm³/mol. The number of esters is 1. The molecular formula is C20H23NO5. The number of para-hydroxylation sites is 1. The Morgan fingerprint density at radius 2 is 1.88 bits per heavy atom. The molecular weight excluding hydrogens is 334 g/mol. The van der Waals surface area contributed by atoms with E-state index in [0.29, 0.717) is 17.1 Å². The molecule has 1 aromatic carbocycles. The van der Waals surface area contributed by atoms with Crippen LogP contribution >= 0.6 is 0 Å². The highest BCUT2D eigenvalue weighted by atomic mass is 16.6. The number of amides is 1. The van der Waals surface area contributed by atoms with E-state index in [1.165, 1.54) is 12.2 Å². The molecule has 1 heterocycles. The first-order valence-electron chi connectivity index (χ1n) is 8.24. The first kappa shape index (κ1) is 19.3. The van der Waals surface area contributed by atoms with Crippen molar-refractivity contribution in [3.63, 3.8) is 0 Å². The third-order valence-electron chi connectivity index (χ3n) is 3.15. The minimum Gasteiger partial charge on any atom is -0.462 e. The number of carbonyl (C=O) groups is 2.